The van der Waals surface area contributed by atoms with Gasteiger partial charge in [0, 0.05) is 32.6 Å². The summed E-state index contributed by atoms with van der Waals surface area (Å²) in [7, 11) is 2.09. The van der Waals surface area contributed by atoms with Crippen LogP contribution in [-0.4, -0.2) is 41.8 Å². The predicted molar refractivity (Wildman–Crippen MR) is 61.3 cm³/mol. The quantitative estimate of drug-likeness (QED) is 0.690. The van der Waals surface area contributed by atoms with Crippen molar-refractivity contribution >= 4 is 12.4 Å². The van der Waals surface area contributed by atoms with Gasteiger partial charge in [0.1, 0.15) is 0 Å². The number of halogens is 1. The molecule has 0 aromatic rings. The van der Waals surface area contributed by atoms with E-state index in [9.17, 15) is 0 Å². The van der Waals surface area contributed by atoms with Crippen LogP contribution < -0.4 is 0 Å². The average molecular weight is 221 g/mol. The normalized spacial score (nSPS) is 14.7. The number of nitrogens with zero attached hydrogens (tertiary/aromatic N) is 2. The Morgan fingerprint density at radius 2 is 1.86 bits per heavy atom. The zero-order valence-electron chi connectivity index (χ0n) is 8.85. The molecule has 0 aliphatic carbocycles. The topological polar surface area (TPSA) is 26.7 Å². The van der Waals surface area contributed by atoms with Gasteiger partial charge in [0.25, 0.3) is 0 Å². The highest BCUT2D eigenvalue weighted by molar-refractivity contribution is 5.85. The standard InChI is InChI=1S/C10H20N2O.ClH/c1-11-7-8-12(10-11)6-4-2-3-5-9-13;/h7-8,13H,2-6,9-10H2,1H3;1H. The number of rotatable bonds is 6. The Balaban J connectivity index is 0.00000169. The molecular weight excluding hydrogens is 200 g/mol. The van der Waals surface area contributed by atoms with Crippen LogP contribution in [-0.2, 0) is 0 Å². The fourth-order valence-electron chi connectivity index (χ4n) is 1.51. The van der Waals surface area contributed by atoms with Gasteiger partial charge in [-0.25, -0.2) is 0 Å². The van der Waals surface area contributed by atoms with Crippen LogP contribution in [0.3, 0.4) is 0 Å². The lowest BCUT2D eigenvalue weighted by Crippen LogP contribution is -2.23. The lowest BCUT2D eigenvalue weighted by Gasteiger charge is -2.17. The number of aliphatic hydroxyl groups excluding tert-OH is 1. The molecule has 0 aromatic heterocycles. The average Bonchev–Trinajstić information content (AvgIpc) is 2.51. The van der Waals surface area contributed by atoms with E-state index in [-0.39, 0.29) is 12.4 Å². The fourth-order valence-corrected chi connectivity index (χ4v) is 1.51. The third kappa shape index (κ3) is 5.35. The van der Waals surface area contributed by atoms with Gasteiger partial charge in [0.2, 0.25) is 0 Å². The molecule has 0 unspecified atom stereocenters. The second-order valence-corrected chi connectivity index (χ2v) is 3.65. The Kier molecular flexibility index (Phi) is 7.71. The maximum atomic E-state index is 8.58. The van der Waals surface area contributed by atoms with E-state index in [1.165, 1.54) is 12.8 Å². The van der Waals surface area contributed by atoms with E-state index in [0.717, 1.165) is 26.1 Å². The Labute approximate surface area is 92.8 Å². The minimum atomic E-state index is 0. The van der Waals surface area contributed by atoms with Crippen molar-refractivity contribution in [1.82, 2.24) is 9.80 Å². The van der Waals surface area contributed by atoms with E-state index in [4.69, 9.17) is 5.11 Å². The molecule has 0 spiro atoms. The molecule has 1 N–H and O–H groups in total. The molecule has 0 saturated carbocycles. The summed E-state index contributed by atoms with van der Waals surface area (Å²) in [6.45, 7) is 2.51. The first-order chi connectivity index (χ1) is 6.33. The van der Waals surface area contributed by atoms with Crippen molar-refractivity contribution in [3.05, 3.63) is 12.4 Å². The highest BCUT2D eigenvalue weighted by Crippen LogP contribution is 2.06. The molecule has 0 atom stereocenters. The summed E-state index contributed by atoms with van der Waals surface area (Å²) in [6.07, 6.45) is 8.83. The molecule has 0 radical (unpaired) electrons. The number of hydrogen-bond donors (Lipinski definition) is 1. The second kappa shape index (κ2) is 7.94. The molecule has 4 heteroatoms. The van der Waals surface area contributed by atoms with E-state index in [1.807, 2.05) is 0 Å². The molecule has 0 saturated heterocycles. The number of hydrogen-bond acceptors (Lipinski definition) is 3. The zero-order valence-corrected chi connectivity index (χ0v) is 9.67. The van der Waals surface area contributed by atoms with Gasteiger partial charge in [-0.3, -0.25) is 0 Å². The first kappa shape index (κ1) is 13.6. The van der Waals surface area contributed by atoms with Gasteiger partial charge < -0.3 is 14.9 Å². The van der Waals surface area contributed by atoms with Crippen LogP contribution in [0.1, 0.15) is 25.7 Å². The van der Waals surface area contributed by atoms with E-state index < -0.39 is 0 Å². The lowest BCUT2D eigenvalue weighted by atomic mass is 10.2. The summed E-state index contributed by atoms with van der Waals surface area (Å²) in [5.41, 5.74) is 0. The van der Waals surface area contributed by atoms with E-state index in [0.29, 0.717) is 6.61 Å². The smallest absolute Gasteiger partial charge is 0.0890 e. The van der Waals surface area contributed by atoms with Gasteiger partial charge in [-0.05, 0) is 12.8 Å². The third-order valence-electron chi connectivity index (χ3n) is 2.29. The van der Waals surface area contributed by atoms with E-state index in [2.05, 4.69) is 29.2 Å². The lowest BCUT2D eigenvalue weighted by molar-refractivity contribution is 0.273. The summed E-state index contributed by atoms with van der Waals surface area (Å²) in [5, 5.41) is 8.58. The van der Waals surface area contributed by atoms with Crippen LogP contribution in [0.5, 0.6) is 0 Å². The third-order valence-corrected chi connectivity index (χ3v) is 2.29. The van der Waals surface area contributed by atoms with Crippen LogP contribution in [0.4, 0.5) is 0 Å². The molecule has 1 heterocycles. The van der Waals surface area contributed by atoms with Crippen LogP contribution in [0, 0.1) is 0 Å². The van der Waals surface area contributed by atoms with Crippen molar-refractivity contribution in [3.63, 3.8) is 0 Å². The number of aliphatic hydroxyl groups is 1. The van der Waals surface area contributed by atoms with Crippen LogP contribution >= 0.6 is 12.4 Å². The van der Waals surface area contributed by atoms with Crippen molar-refractivity contribution in [3.8, 4) is 0 Å². The monoisotopic (exact) mass is 220 g/mol. The highest BCUT2D eigenvalue weighted by Gasteiger charge is 2.06. The first-order valence-corrected chi connectivity index (χ1v) is 5.06. The van der Waals surface area contributed by atoms with Crippen molar-refractivity contribution in [2.75, 3.05) is 26.9 Å². The molecular formula is C10H21ClN2O. The Hall–Kier alpha value is -0.410. The molecule has 1 aliphatic heterocycles. The molecule has 84 valence electrons. The molecule has 14 heavy (non-hydrogen) atoms. The van der Waals surface area contributed by atoms with Gasteiger partial charge in [0.15, 0.2) is 0 Å². The van der Waals surface area contributed by atoms with E-state index in [1.54, 1.807) is 0 Å². The molecule has 1 rings (SSSR count). The first-order valence-electron chi connectivity index (χ1n) is 5.06. The Bertz CT molecular complexity index is 164. The van der Waals surface area contributed by atoms with Crippen LogP contribution in [0.2, 0.25) is 0 Å². The summed E-state index contributed by atoms with van der Waals surface area (Å²) < 4.78 is 0. The van der Waals surface area contributed by atoms with Crippen molar-refractivity contribution in [2.45, 2.75) is 25.7 Å². The molecule has 0 bridgehead atoms. The fraction of sp³-hybridized carbons (Fsp3) is 0.800. The summed E-state index contributed by atoms with van der Waals surface area (Å²) in [5.74, 6) is 0. The Morgan fingerprint density at radius 3 is 2.43 bits per heavy atom. The SMILES string of the molecule is CN1C=CN(CCCCCCO)C1.Cl. The molecule has 0 amide bonds. The largest absolute Gasteiger partial charge is 0.396 e. The van der Waals surface area contributed by atoms with Crippen molar-refractivity contribution in [1.29, 1.82) is 0 Å². The highest BCUT2D eigenvalue weighted by atomic mass is 35.5. The second-order valence-electron chi connectivity index (χ2n) is 3.65. The predicted octanol–water partition coefficient (Wildman–Crippen LogP) is 1.64. The van der Waals surface area contributed by atoms with Gasteiger partial charge in [0.05, 0.1) is 6.67 Å². The summed E-state index contributed by atoms with van der Waals surface area (Å²) in [6, 6.07) is 0. The van der Waals surface area contributed by atoms with E-state index >= 15 is 0 Å². The van der Waals surface area contributed by atoms with Crippen molar-refractivity contribution < 1.29 is 5.11 Å². The van der Waals surface area contributed by atoms with Gasteiger partial charge in [-0.1, -0.05) is 12.8 Å². The van der Waals surface area contributed by atoms with Gasteiger partial charge >= 0.3 is 0 Å². The maximum absolute atomic E-state index is 8.58. The van der Waals surface area contributed by atoms with Crippen LogP contribution in [0.15, 0.2) is 12.4 Å². The Morgan fingerprint density at radius 1 is 1.14 bits per heavy atom. The minimum Gasteiger partial charge on any atom is -0.396 e. The maximum Gasteiger partial charge on any atom is 0.0890 e. The van der Waals surface area contributed by atoms with Gasteiger partial charge in [-0.2, -0.15) is 0 Å². The minimum absolute atomic E-state index is 0. The molecule has 3 nitrogen and oxygen atoms in total. The van der Waals surface area contributed by atoms with Crippen LogP contribution in [0.25, 0.3) is 0 Å². The molecule has 0 fully saturated rings. The molecule has 1 aliphatic rings. The summed E-state index contributed by atoms with van der Waals surface area (Å²) in [4.78, 5) is 4.49. The zero-order chi connectivity index (χ0) is 9.52. The van der Waals surface area contributed by atoms with Gasteiger partial charge in [-0.15, -0.1) is 12.4 Å². The summed E-state index contributed by atoms with van der Waals surface area (Å²) >= 11 is 0. The number of unbranched alkanes of at least 4 members (excludes halogenated alkanes) is 3. The van der Waals surface area contributed by atoms with Crippen molar-refractivity contribution in [2.24, 2.45) is 0 Å². The molecule has 0 aromatic carbocycles.